The Morgan fingerprint density at radius 3 is 2.78 bits per heavy atom. The summed E-state index contributed by atoms with van der Waals surface area (Å²) in [6.07, 6.45) is 7.16. The Morgan fingerprint density at radius 1 is 1.33 bits per heavy atom. The van der Waals surface area contributed by atoms with Gasteiger partial charge in [0, 0.05) is 25.7 Å². The Kier molecular flexibility index (Phi) is 4.31. The van der Waals surface area contributed by atoms with Crippen molar-refractivity contribution in [3.8, 4) is 0 Å². The largest absolute Gasteiger partial charge is 0.351 e. The van der Waals surface area contributed by atoms with E-state index in [4.69, 9.17) is 0 Å². The zero-order valence-corrected chi connectivity index (χ0v) is 11.5. The van der Waals surface area contributed by atoms with Crippen molar-refractivity contribution in [1.82, 2.24) is 15.3 Å². The maximum Gasteiger partial charge on any atom is 0.147 e. The summed E-state index contributed by atoms with van der Waals surface area (Å²) < 4.78 is 0. The van der Waals surface area contributed by atoms with Gasteiger partial charge in [-0.25, -0.2) is 4.98 Å². The highest BCUT2D eigenvalue weighted by Gasteiger charge is 2.12. The number of hydrogen-bond acceptors (Lipinski definition) is 4. The van der Waals surface area contributed by atoms with Gasteiger partial charge < -0.3 is 10.2 Å². The molecular weight excluding hydrogens is 224 g/mol. The van der Waals surface area contributed by atoms with Crippen LogP contribution < -0.4 is 10.2 Å². The SMILES string of the molecule is CC1=CCCN(c2cnc(CNC(C)C)cn2)C1. The van der Waals surface area contributed by atoms with Crippen molar-refractivity contribution in [3.63, 3.8) is 0 Å². The highest BCUT2D eigenvalue weighted by molar-refractivity contribution is 5.39. The van der Waals surface area contributed by atoms with Gasteiger partial charge in [0.15, 0.2) is 0 Å². The van der Waals surface area contributed by atoms with Gasteiger partial charge in [-0.15, -0.1) is 0 Å². The lowest BCUT2D eigenvalue weighted by atomic mass is 10.1. The molecule has 0 spiro atoms. The fraction of sp³-hybridized carbons (Fsp3) is 0.571. The first-order chi connectivity index (χ1) is 8.65. The van der Waals surface area contributed by atoms with Crippen LogP contribution in [0.4, 0.5) is 5.82 Å². The Hall–Kier alpha value is -1.42. The monoisotopic (exact) mass is 246 g/mol. The molecule has 1 aromatic rings. The molecule has 0 radical (unpaired) electrons. The van der Waals surface area contributed by atoms with Gasteiger partial charge in [-0.05, 0) is 13.3 Å². The zero-order chi connectivity index (χ0) is 13.0. The maximum absolute atomic E-state index is 4.51. The van der Waals surface area contributed by atoms with E-state index < -0.39 is 0 Å². The van der Waals surface area contributed by atoms with E-state index in [1.54, 1.807) is 0 Å². The lowest BCUT2D eigenvalue weighted by molar-refractivity contribution is 0.580. The van der Waals surface area contributed by atoms with Gasteiger partial charge in [0.2, 0.25) is 0 Å². The van der Waals surface area contributed by atoms with E-state index in [0.717, 1.165) is 37.6 Å². The third kappa shape index (κ3) is 3.53. The Balaban J connectivity index is 1.97. The minimum atomic E-state index is 0.473. The number of rotatable bonds is 4. The summed E-state index contributed by atoms with van der Waals surface area (Å²) in [5.41, 5.74) is 2.41. The zero-order valence-electron chi connectivity index (χ0n) is 11.5. The molecule has 1 aliphatic heterocycles. The average Bonchev–Trinajstić information content (AvgIpc) is 2.37. The van der Waals surface area contributed by atoms with E-state index in [1.807, 2.05) is 12.4 Å². The van der Waals surface area contributed by atoms with Gasteiger partial charge in [-0.3, -0.25) is 4.98 Å². The van der Waals surface area contributed by atoms with E-state index in [-0.39, 0.29) is 0 Å². The topological polar surface area (TPSA) is 41.1 Å². The molecule has 0 aromatic carbocycles. The van der Waals surface area contributed by atoms with Gasteiger partial charge in [0.1, 0.15) is 5.82 Å². The lowest BCUT2D eigenvalue weighted by Crippen LogP contribution is -2.30. The number of aromatic nitrogens is 2. The summed E-state index contributed by atoms with van der Waals surface area (Å²) in [4.78, 5) is 11.3. The van der Waals surface area contributed by atoms with Crippen LogP contribution in [0.3, 0.4) is 0 Å². The van der Waals surface area contributed by atoms with Crippen LogP contribution in [-0.4, -0.2) is 29.1 Å². The van der Waals surface area contributed by atoms with Crippen molar-refractivity contribution in [2.24, 2.45) is 0 Å². The van der Waals surface area contributed by atoms with E-state index in [2.05, 4.69) is 47.0 Å². The predicted molar refractivity (Wildman–Crippen MR) is 74.6 cm³/mol. The van der Waals surface area contributed by atoms with Crippen LogP contribution in [0.25, 0.3) is 0 Å². The van der Waals surface area contributed by atoms with Gasteiger partial charge in [-0.1, -0.05) is 25.5 Å². The average molecular weight is 246 g/mol. The molecule has 0 amide bonds. The molecule has 18 heavy (non-hydrogen) atoms. The third-order valence-electron chi connectivity index (χ3n) is 3.04. The van der Waals surface area contributed by atoms with Gasteiger partial charge in [0.05, 0.1) is 18.1 Å². The quantitative estimate of drug-likeness (QED) is 0.826. The fourth-order valence-corrected chi connectivity index (χ4v) is 2.02. The molecule has 2 rings (SSSR count). The van der Waals surface area contributed by atoms with Gasteiger partial charge in [-0.2, -0.15) is 0 Å². The summed E-state index contributed by atoms with van der Waals surface area (Å²) in [7, 11) is 0. The molecule has 2 heterocycles. The van der Waals surface area contributed by atoms with Gasteiger partial charge in [0.25, 0.3) is 0 Å². The summed E-state index contributed by atoms with van der Waals surface area (Å²) in [5, 5.41) is 3.34. The Bertz CT molecular complexity index is 408. The standard InChI is InChI=1S/C14H22N4/c1-11(2)15-7-13-8-17-14(9-16-13)18-6-4-5-12(3)10-18/h5,8-9,11,15H,4,6-7,10H2,1-3H3. The van der Waals surface area contributed by atoms with Crippen molar-refractivity contribution in [3.05, 3.63) is 29.7 Å². The first-order valence-corrected chi connectivity index (χ1v) is 6.60. The van der Waals surface area contributed by atoms with Crippen molar-refractivity contribution in [2.75, 3.05) is 18.0 Å². The highest BCUT2D eigenvalue weighted by Crippen LogP contribution is 2.16. The van der Waals surface area contributed by atoms with Crippen LogP contribution in [0.2, 0.25) is 0 Å². The van der Waals surface area contributed by atoms with Gasteiger partial charge >= 0.3 is 0 Å². The van der Waals surface area contributed by atoms with Crippen LogP contribution in [0.5, 0.6) is 0 Å². The molecule has 1 aliphatic rings. The fourth-order valence-electron chi connectivity index (χ4n) is 2.02. The van der Waals surface area contributed by atoms with Crippen molar-refractivity contribution < 1.29 is 0 Å². The van der Waals surface area contributed by atoms with Crippen molar-refractivity contribution >= 4 is 5.82 Å². The van der Waals surface area contributed by atoms with Crippen LogP contribution in [0.15, 0.2) is 24.0 Å². The molecule has 1 aromatic heterocycles. The Labute approximate surface area is 109 Å². The normalized spacial score (nSPS) is 16.0. The van der Waals surface area contributed by atoms with Crippen LogP contribution in [-0.2, 0) is 6.54 Å². The molecular formula is C14H22N4. The van der Waals surface area contributed by atoms with E-state index >= 15 is 0 Å². The van der Waals surface area contributed by atoms with Crippen LogP contribution in [0.1, 0.15) is 32.9 Å². The summed E-state index contributed by atoms with van der Waals surface area (Å²) in [6, 6.07) is 0.473. The van der Waals surface area contributed by atoms with E-state index in [1.165, 1.54) is 5.57 Å². The lowest BCUT2D eigenvalue weighted by Gasteiger charge is -2.26. The molecule has 0 saturated heterocycles. The molecule has 1 N–H and O–H groups in total. The minimum absolute atomic E-state index is 0.473. The second-order valence-corrected chi connectivity index (χ2v) is 5.16. The molecule has 0 bridgehead atoms. The number of nitrogens with zero attached hydrogens (tertiary/aromatic N) is 3. The molecule has 0 atom stereocenters. The number of hydrogen-bond donors (Lipinski definition) is 1. The molecule has 0 saturated carbocycles. The summed E-state index contributed by atoms with van der Waals surface area (Å²) in [5.74, 6) is 0.982. The second kappa shape index (κ2) is 5.96. The number of nitrogens with one attached hydrogen (secondary N) is 1. The molecule has 0 unspecified atom stereocenters. The maximum atomic E-state index is 4.51. The summed E-state index contributed by atoms with van der Waals surface area (Å²) in [6.45, 7) is 9.22. The van der Waals surface area contributed by atoms with E-state index in [0.29, 0.717) is 6.04 Å². The predicted octanol–water partition coefficient (Wildman–Crippen LogP) is 2.13. The molecule has 0 aliphatic carbocycles. The van der Waals surface area contributed by atoms with Crippen molar-refractivity contribution in [1.29, 1.82) is 0 Å². The van der Waals surface area contributed by atoms with Crippen molar-refractivity contribution in [2.45, 2.75) is 39.8 Å². The first kappa shape index (κ1) is 13.0. The molecule has 0 fully saturated rings. The summed E-state index contributed by atoms with van der Waals surface area (Å²) >= 11 is 0. The molecule has 4 nitrogen and oxygen atoms in total. The second-order valence-electron chi connectivity index (χ2n) is 5.16. The minimum Gasteiger partial charge on any atom is -0.351 e. The smallest absolute Gasteiger partial charge is 0.147 e. The van der Waals surface area contributed by atoms with Crippen LogP contribution >= 0.6 is 0 Å². The first-order valence-electron chi connectivity index (χ1n) is 6.60. The van der Waals surface area contributed by atoms with E-state index in [9.17, 15) is 0 Å². The molecule has 4 heteroatoms. The third-order valence-corrected chi connectivity index (χ3v) is 3.04. The molecule has 98 valence electrons. The Morgan fingerprint density at radius 2 is 2.17 bits per heavy atom. The van der Waals surface area contributed by atoms with Crippen LogP contribution in [0, 0.1) is 0 Å². The highest BCUT2D eigenvalue weighted by atomic mass is 15.2. The number of anilines is 1.